The van der Waals surface area contributed by atoms with Crippen LogP contribution in [0.3, 0.4) is 0 Å². The predicted molar refractivity (Wildman–Crippen MR) is 66.5 cm³/mol. The molecule has 0 fully saturated rings. The van der Waals surface area contributed by atoms with Crippen LogP contribution in [0.2, 0.25) is 0 Å². The summed E-state index contributed by atoms with van der Waals surface area (Å²) in [7, 11) is 0. The van der Waals surface area contributed by atoms with Crippen LogP contribution in [-0.4, -0.2) is 0 Å². The van der Waals surface area contributed by atoms with E-state index in [2.05, 4.69) is 41.5 Å². The fourth-order valence-electron chi connectivity index (χ4n) is 2.71. The summed E-state index contributed by atoms with van der Waals surface area (Å²) in [6.45, 7) is 14.2. The maximum atomic E-state index is 2.44. The van der Waals surface area contributed by atoms with Crippen molar-refractivity contribution in [3.8, 4) is 0 Å². The zero-order valence-corrected chi connectivity index (χ0v) is 11.2. The van der Waals surface area contributed by atoms with E-state index >= 15 is 0 Å². The Hall–Kier alpha value is 0. The molecule has 0 aromatic heterocycles. The lowest BCUT2D eigenvalue weighted by atomic mass is 9.75. The van der Waals surface area contributed by atoms with Crippen molar-refractivity contribution in [3.63, 3.8) is 0 Å². The van der Waals surface area contributed by atoms with Gasteiger partial charge in [0.15, 0.2) is 0 Å². The van der Waals surface area contributed by atoms with Crippen molar-refractivity contribution >= 4 is 0 Å². The van der Waals surface area contributed by atoms with Crippen LogP contribution < -0.4 is 0 Å². The second-order valence-corrected chi connectivity index (χ2v) is 5.98. The summed E-state index contributed by atoms with van der Waals surface area (Å²) >= 11 is 0. The molecule has 2 atom stereocenters. The van der Waals surface area contributed by atoms with Crippen LogP contribution in [0, 0.1) is 17.3 Å². The van der Waals surface area contributed by atoms with Crippen molar-refractivity contribution in [1.82, 2.24) is 0 Å². The van der Waals surface area contributed by atoms with E-state index in [1.54, 1.807) is 0 Å². The van der Waals surface area contributed by atoms with E-state index in [1.165, 1.54) is 32.1 Å². The summed E-state index contributed by atoms with van der Waals surface area (Å²) in [6, 6.07) is 0. The maximum Gasteiger partial charge on any atom is -0.0349 e. The highest BCUT2D eigenvalue weighted by atomic mass is 14.3. The Kier molecular flexibility index (Phi) is 6.48. The summed E-state index contributed by atoms with van der Waals surface area (Å²) in [5.74, 6) is 1.79. The van der Waals surface area contributed by atoms with Gasteiger partial charge in [0.1, 0.15) is 0 Å². The summed E-state index contributed by atoms with van der Waals surface area (Å²) in [5.41, 5.74) is 0.546. The van der Waals surface area contributed by atoms with E-state index in [0.29, 0.717) is 5.41 Å². The van der Waals surface area contributed by atoms with E-state index < -0.39 is 0 Å². The summed E-state index contributed by atoms with van der Waals surface area (Å²) in [4.78, 5) is 0. The van der Waals surface area contributed by atoms with Crippen LogP contribution in [0.1, 0.15) is 73.6 Å². The summed E-state index contributed by atoms with van der Waals surface area (Å²) in [6.07, 6.45) is 6.83. The molecule has 0 spiro atoms. The smallest absolute Gasteiger partial charge is 0.0349 e. The van der Waals surface area contributed by atoms with Crippen molar-refractivity contribution in [2.75, 3.05) is 0 Å². The first-order valence-corrected chi connectivity index (χ1v) is 6.41. The van der Waals surface area contributed by atoms with Gasteiger partial charge >= 0.3 is 0 Å². The minimum Gasteiger partial charge on any atom is -0.0654 e. The van der Waals surface area contributed by atoms with Gasteiger partial charge in [-0.1, -0.05) is 60.8 Å². The SMILES string of the molecule is CCCC(C)CC(C)(C)CC(C)CC. The predicted octanol–water partition coefficient (Wildman–Crippen LogP) is 5.28. The molecule has 0 radical (unpaired) electrons. The average Bonchev–Trinajstić information content (AvgIpc) is 2.02. The lowest BCUT2D eigenvalue weighted by Gasteiger charge is -2.30. The third-order valence-corrected chi connectivity index (χ3v) is 3.28. The molecule has 0 heterocycles. The molecule has 0 rings (SSSR count). The quantitative estimate of drug-likeness (QED) is 0.522. The van der Waals surface area contributed by atoms with E-state index in [-0.39, 0.29) is 0 Å². The number of hydrogen-bond donors (Lipinski definition) is 0. The Balaban J connectivity index is 3.92. The Bertz CT molecular complexity index is 135. The first-order chi connectivity index (χ1) is 6.41. The molecule has 0 amide bonds. The molecule has 0 saturated heterocycles. The Morgan fingerprint density at radius 2 is 1.43 bits per heavy atom. The van der Waals surface area contributed by atoms with Gasteiger partial charge in [-0.2, -0.15) is 0 Å². The van der Waals surface area contributed by atoms with Gasteiger partial charge in [0.05, 0.1) is 0 Å². The summed E-state index contributed by atoms with van der Waals surface area (Å²) < 4.78 is 0. The molecule has 0 aromatic rings. The van der Waals surface area contributed by atoms with Gasteiger partial charge in [0.2, 0.25) is 0 Å². The molecule has 86 valence electrons. The second-order valence-electron chi connectivity index (χ2n) is 5.98. The van der Waals surface area contributed by atoms with Crippen LogP contribution in [0.5, 0.6) is 0 Å². The minimum absolute atomic E-state index is 0.546. The van der Waals surface area contributed by atoms with Gasteiger partial charge < -0.3 is 0 Å². The van der Waals surface area contributed by atoms with E-state index in [4.69, 9.17) is 0 Å². The maximum absolute atomic E-state index is 2.44. The normalized spacial score (nSPS) is 16.7. The first-order valence-electron chi connectivity index (χ1n) is 6.41. The molecule has 0 aliphatic rings. The van der Waals surface area contributed by atoms with Crippen LogP contribution in [0.4, 0.5) is 0 Å². The molecular weight excluding hydrogens is 168 g/mol. The fraction of sp³-hybridized carbons (Fsp3) is 1.00. The Morgan fingerprint density at radius 3 is 1.86 bits per heavy atom. The molecule has 0 N–H and O–H groups in total. The molecular formula is C14H30. The van der Waals surface area contributed by atoms with E-state index in [9.17, 15) is 0 Å². The van der Waals surface area contributed by atoms with Crippen molar-refractivity contribution in [2.24, 2.45) is 17.3 Å². The molecule has 0 aliphatic carbocycles. The van der Waals surface area contributed by atoms with Gasteiger partial charge in [0, 0.05) is 0 Å². The van der Waals surface area contributed by atoms with E-state index in [1.807, 2.05) is 0 Å². The molecule has 0 bridgehead atoms. The minimum atomic E-state index is 0.546. The van der Waals surface area contributed by atoms with Gasteiger partial charge in [-0.3, -0.25) is 0 Å². The van der Waals surface area contributed by atoms with Crippen molar-refractivity contribution < 1.29 is 0 Å². The largest absolute Gasteiger partial charge is 0.0654 e. The highest BCUT2D eigenvalue weighted by Crippen LogP contribution is 2.34. The zero-order valence-electron chi connectivity index (χ0n) is 11.2. The van der Waals surface area contributed by atoms with Gasteiger partial charge in [-0.25, -0.2) is 0 Å². The topological polar surface area (TPSA) is 0 Å². The standard InChI is InChI=1S/C14H30/c1-7-9-13(4)11-14(5,6)10-12(3)8-2/h12-13H,7-11H2,1-6H3. The Labute approximate surface area is 91.5 Å². The molecule has 14 heavy (non-hydrogen) atoms. The van der Waals surface area contributed by atoms with Crippen molar-refractivity contribution in [3.05, 3.63) is 0 Å². The molecule has 0 aromatic carbocycles. The number of rotatable bonds is 7. The summed E-state index contributed by atoms with van der Waals surface area (Å²) in [5, 5.41) is 0. The van der Waals surface area contributed by atoms with Gasteiger partial charge in [-0.15, -0.1) is 0 Å². The molecule has 0 heteroatoms. The van der Waals surface area contributed by atoms with Crippen LogP contribution in [0.15, 0.2) is 0 Å². The van der Waals surface area contributed by atoms with Gasteiger partial charge in [0.25, 0.3) is 0 Å². The monoisotopic (exact) mass is 198 g/mol. The first kappa shape index (κ1) is 14.0. The molecule has 0 aliphatic heterocycles. The molecule has 0 nitrogen and oxygen atoms in total. The lowest BCUT2D eigenvalue weighted by molar-refractivity contribution is 0.212. The highest BCUT2D eigenvalue weighted by Gasteiger charge is 2.22. The lowest BCUT2D eigenvalue weighted by Crippen LogP contribution is -2.18. The number of hydrogen-bond acceptors (Lipinski definition) is 0. The van der Waals surface area contributed by atoms with E-state index in [0.717, 1.165) is 11.8 Å². The Morgan fingerprint density at radius 1 is 0.929 bits per heavy atom. The third kappa shape index (κ3) is 6.45. The highest BCUT2D eigenvalue weighted by molar-refractivity contribution is 4.74. The van der Waals surface area contributed by atoms with Crippen LogP contribution in [0.25, 0.3) is 0 Å². The van der Waals surface area contributed by atoms with Crippen molar-refractivity contribution in [2.45, 2.75) is 73.6 Å². The van der Waals surface area contributed by atoms with Crippen LogP contribution >= 0.6 is 0 Å². The molecule has 0 saturated carbocycles. The second kappa shape index (κ2) is 6.48. The van der Waals surface area contributed by atoms with Crippen molar-refractivity contribution in [1.29, 1.82) is 0 Å². The zero-order chi connectivity index (χ0) is 11.2. The molecule has 2 unspecified atom stereocenters. The fourth-order valence-corrected chi connectivity index (χ4v) is 2.71. The average molecular weight is 198 g/mol. The van der Waals surface area contributed by atoms with Crippen LogP contribution in [-0.2, 0) is 0 Å². The third-order valence-electron chi connectivity index (χ3n) is 3.28. The van der Waals surface area contributed by atoms with Gasteiger partial charge in [-0.05, 0) is 30.1 Å².